The van der Waals surface area contributed by atoms with E-state index in [-0.39, 0.29) is 11.3 Å². The fraction of sp³-hybridized carbons (Fsp3) is 0.250. The number of hydrogen-bond acceptors (Lipinski definition) is 3. The molecule has 0 radical (unpaired) electrons. The molecule has 0 bridgehead atoms. The highest BCUT2D eigenvalue weighted by atomic mass is 16.5. The SMILES string of the molecule is COc1cccc(/C=C(\C(=O)O)c2ccc3c(c2)CCCC3)c1O. The van der Waals surface area contributed by atoms with E-state index in [2.05, 4.69) is 0 Å². The van der Waals surface area contributed by atoms with Gasteiger partial charge in [0.25, 0.3) is 0 Å². The maximum absolute atomic E-state index is 11.8. The number of aromatic hydroxyl groups is 1. The molecular formula is C20H20O4. The normalized spacial score (nSPS) is 14.1. The van der Waals surface area contributed by atoms with Crippen molar-refractivity contribution >= 4 is 17.6 Å². The fourth-order valence-corrected chi connectivity index (χ4v) is 3.15. The number of aliphatic carboxylic acids is 1. The summed E-state index contributed by atoms with van der Waals surface area (Å²) < 4.78 is 5.08. The molecule has 0 heterocycles. The number of aryl methyl sites for hydroxylation is 2. The maximum atomic E-state index is 11.8. The Labute approximate surface area is 141 Å². The number of methoxy groups -OCH3 is 1. The van der Waals surface area contributed by atoms with Gasteiger partial charge in [0.05, 0.1) is 12.7 Å². The summed E-state index contributed by atoms with van der Waals surface area (Å²) >= 11 is 0. The van der Waals surface area contributed by atoms with Gasteiger partial charge in [-0.05, 0) is 54.5 Å². The van der Waals surface area contributed by atoms with Crippen LogP contribution in [0.4, 0.5) is 0 Å². The topological polar surface area (TPSA) is 66.8 Å². The Balaban J connectivity index is 2.06. The molecule has 124 valence electrons. The van der Waals surface area contributed by atoms with Crippen molar-refractivity contribution in [2.45, 2.75) is 25.7 Å². The molecule has 0 saturated heterocycles. The molecule has 0 aromatic heterocycles. The summed E-state index contributed by atoms with van der Waals surface area (Å²) in [6.45, 7) is 0. The van der Waals surface area contributed by atoms with Crippen LogP contribution in [0.2, 0.25) is 0 Å². The highest BCUT2D eigenvalue weighted by molar-refractivity contribution is 6.20. The molecule has 0 unspecified atom stereocenters. The van der Waals surface area contributed by atoms with Crippen LogP contribution in [0.25, 0.3) is 11.6 Å². The number of phenols is 1. The average molecular weight is 324 g/mol. The molecule has 4 nitrogen and oxygen atoms in total. The molecular weight excluding hydrogens is 304 g/mol. The molecule has 0 atom stereocenters. The maximum Gasteiger partial charge on any atom is 0.336 e. The van der Waals surface area contributed by atoms with Gasteiger partial charge in [0.1, 0.15) is 0 Å². The van der Waals surface area contributed by atoms with Crippen molar-refractivity contribution in [2.75, 3.05) is 7.11 Å². The lowest BCUT2D eigenvalue weighted by atomic mass is 9.88. The third-order valence-electron chi connectivity index (χ3n) is 4.44. The predicted molar refractivity (Wildman–Crippen MR) is 93.2 cm³/mol. The van der Waals surface area contributed by atoms with Gasteiger partial charge >= 0.3 is 5.97 Å². The van der Waals surface area contributed by atoms with Crippen molar-refractivity contribution in [1.82, 2.24) is 0 Å². The van der Waals surface area contributed by atoms with Crippen LogP contribution in [0.1, 0.15) is 35.1 Å². The zero-order valence-corrected chi connectivity index (χ0v) is 13.6. The first-order chi connectivity index (χ1) is 11.6. The Hall–Kier alpha value is -2.75. The van der Waals surface area contributed by atoms with Crippen LogP contribution in [0.15, 0.2) is 36.4 Å². The van der Waals surface area contributed by atoms with Gasteiger partial charge in [-0.15, -0.1) is 0 Å². The molecule has 4 heteroatoms. The molecule has 0 aliphatic heterocycles. The van der Waals surface area contributed by atoms with Gasteiger partial charge in [-0.1, -0.05) is 30.3 Å². The molecule has 1 aliphatic carbocycles. The van der Waals surface area contributed by atoms with Crippen molar-refractivity contribution < 1.29 is 19.7 Å². The minimum Gasteiger partial charge on any atom is -0.504 e. The van der Waals surface area contributed by atoms with Crippen molar-refractivity contribution in [2.24, 2.45) is 0 Å². The zero-order chi connectivity index (χ0) is 17.1. The van der Waals surface area contributed by atoms with Gasteiger partial charge in [0, 0.05) is 5.56 Å². The van der Waals surface area contributed by atoms with Gasteiger partial charge < -0.3 is 14.9 Å². The smallest absolute Gasteiger partial charge is 0.336 e. The lowest BCUT2D eigenvalue weighted by Gasteiger charge is -2.17. The summed E-state index contributed by atoms with van der Waals surface area (Å²) in [6, 6.07) is 10.8. The summed E-state index contributed by atoms with van der Waals surface area (Å²) in [4.78, 5) is 11.8. The van der Waals surface area contributed by atoms with Crippen molar-refractivity contribution in [3.8, 4) is 11.5 Å². The second-order valence-corrected chi connectivity index (χ2v) is 5.95. The lowest BCUT2D eigenvalue weighted by Crippen LogP contribution is -2.05. The van der Waals surface area contributed by atoms with Crippen molar-refractivity contribution in [1.29, 1.82) is 0 Å². The van der Waals surface area contributed by atoms with E-state index in [9.17, 15) is 15.0 Å². The molecule has 0 amide bonds. The number of carboxylic acid groups (broad SMARTS) is 1. The number of phenolic OH excluding ortho intramolecular Hbond substituents is 1. The Morgan fingerprint density at radius 1 is 1.12 bits per heavy atom. The molecule has 0 saturated carbocycles. The van der Waals surface area contributed by atoms with Gasteiger partial charge in [-0.25, -0.2) is 4.79 Å². The van der Waals surface area contributed by atoms with Gasteiger partial charge in [-0.2, -0.15) is 0 Å². The second-order valence-electron chi connectivity index (χ2n) is 5.95. The first-order valence-corrected chi connectivity index (χ1v) is 8.03. The first kappa shape index (κ1) is 16.1. The quantitative estimate of drug-likeness (QED) is 0.661. The van der Waals surface area contributed by atoms with E-state index in [4.69, 9.17) is 4.74 Å². The minimum atomic E-state index is -1.02. The van der Waals surface area contributed by atoms with Crippen LogP contribution in [0.3, 0.4) is 0 Å². The first-order valence-electron chi connectivity index (χ1n) is 8.03. The standard InChI is InChI=1S/C20H20O4/c1-24-18-8-4-7-16(19(18)21)12-17(20(22)23)15-10-9-13-5-2-3-6-14(13)11-15/h4,7-12,21H,2-3,5-6H2,1H3,(H,22,23)/b17-12-. The molecule has 2 aromatic carbocycles. The van der Waals surface area contributed by atoms with E-state index in [1.807, 2.05) is 18.2 Å². The van der Waals surface area contributed by atoms with E-state index in [0.29, 0.717) is 16.9 Å². The van der Waals surface area contributed by atoms with E-state index < -0.39 is 5.97 Å². The van der Waals surface area contributed by atoms with Crippen LogP contribution in [-0.4, -0.2) is 23.3 Å². The Bertz CT molecular complexity index is 805. The van der Waals surface area contributed by atoms with Gasteiger partial charge in [0.15, 0.2) is 11.5 Å². The van der Waals surface area contributed by atoms with Crippen LogP contribution < -0.4 is 4.74 Å². The van der Waals surface area contributed by atoms with Crippen LogP contribution in [0, 0.1) is 0 Å². The number of ether oxygens (including phenoxy) is 1. The highest BCUT2D eigenvalue weighted by Crippen LogP contribution is 2.33. The molecule has 24 heavy (non-hydrogen) atoms. The third kappa shape index (κ3) is 3.13. The largest absolute Gasteiger partial charge is 0.504 e. The number of carbonyl (C=O) groups is 1. The molecule has 2 N–H and O–H groups in total. The molecule has 3 rings (SSSR count). The number of carboxylic acids is 1. The van der Waals surface area contributed by atoms with Crippen molar-refractivity contribution in [3.63, 3.8) is 0 Å². The number of rotatable bonds is 4. The predicted octanol–water partition coefficient (Wildman–Crippen LogP) is 3.90. The zero-order valence-electron chi connectivity index (χ0n) is 13.6. The monoisotopic (exact) mass is 324 g/mol. The van der Waals surface area contributed by atoms with Crippen LogP contribution in [-0.2, 0) is 17.6 Å². The van der Waals surface area contributed by atoms with E-state index in [1.54, 1.807) is 18.2 Å². The number of hydrogen-bond donors (Lipinski definition) is 2. The van der Waals surface area contributed by atoms with Gasteiger partial charge in [-0.3, -0.25) is 0 Å². The molecule has 2 aromatic rings. The van der Waals surface area contributed by atoms with Crippen LogP contribution >= 0.6 is 0 Å². The Kier molecular flexibility index (Phi) is 4.56. The van der Waals surface area contributed by atoms with Gasteiger partial charge in [0.2, 0.25) is 0 Å². The second kappa shape index (κ2) is 6.79. The van der Waals surface area contributed by atoms with Crippen LogP contribution in [0.5, 0.6) is 11.5 Å². The summed E-state index contributed by atoms with van der Waals surface area (Å²) in [5.74, 6) is -0.761. The third-order valence-corrected chi connectivity index (χ3v) is 4.44. The molecule has 1 aliphatic rings. The van der Waals surface area contributed by atoms with E-state index in [0.717, 1.165) is 19.3 Å². The highest BCUT2D eigenvalue weighted by Gasteiger charge is 2.16. The van der Waals surface area contributed by atoms with E-state index >= 15 is 0 Å². The molecule has 0 spiro atoms. The fourth-order valence-electron chi connectivity index (χ4n) is 3.15. The summed E-state index contributed by atoms with van der Waals surface area (Å²) in [5, 5.41) is 19.8. The minimum absolute atomic E-state index is 0.0586. The summed E-state index contributed by atoms with van der Waals surface area (Å²) in [7, 11) is 1.46. The number of para-hydroxylation sites is 1. The summed E-state index contributed by atoms with van der Waals surface area (Å²) in [5.41, 5.74) is 3.77. The van der Waals surface area contributed by atoms with E-state index in [1.165, 1.54) is 30.7 Å². The number of fused-ring (bicyclic) bond motifs is 1. The van der Waals surface area contributed by atoms with Crippen molar-refractivity contribution in [3.05, 3.63) is 58.7 Å². The lowest BCUT2D eigenvalue weighted by molar-refractivity contribution is -0.130. The Morgan fingerprint density at radius 2 is 1.88 bits per heavy atom. The summed E-state index contributed by atoms with van der Waals surface area (Å²) in [6.07, 6.45) is 5.86. The Morgan fingerprint density at radius 3 is 2.58 bits per heavy atom. The molecule has 0 fully saturated rings. The average Bonchev–Trinajstić information content (AvgIpc) is 2.60. The number of benzene rings is 2.